The molecule has 4 aliphatic rings. The Hall–Kier alpha value is -2.25. The smallest absolute Gasteiger partial charge is 0.241 e. The van der Waals surface area contributed by atoms with Crippen LogP contribution in [0.3, 0.4) is 0 Å². The molecule has 1 atom stereocenters. The molecule has 1 unspecified atom stereocenters. The van der Waals surface area contributed by atoms with E-state index in [-0.39, 0.29) is 5.91 Å². The zero-order valence-electron chi connectivity index (χ0n) is 14.8. The van der Waals surface area contributed by atoms with Gasteiger partial charge < -0.3 is 14.2 Å². The third-order valence-electron chi connectivity index (χ3n) is 5.55. The van der Waals surface area contributed by atoms with E-state index in [4.69, 9.17) is 4.42 Å². The fourth-order valence-electron chi connectivity index (χ4n) is 4.05. The van der Waals surface area contributed by atoms with Gasteiger partial charge in [-0.2, -0.15) is 0 Å². The third-order valence-corrected chi connectivity index (χ3v) is 5.55. The average molecular weight is 336 g/mol. The molecule has 4 nitrogen and oxygen atoms in total. The number of amides is 1. The van der Waals surface area contributed by atoms with Crippen LogP contribution in [-0.4, -0.2) is 48.9 Å². The summed E-state index contributed by atoms with van der Waals surface area (Å²) in [5, 5.41) is 0. The predicted molar refractivity (Wildman–Crippen MR) is 97.2 cm³/mol. The van der Waals surface area contributed by atoms with Crippen molar-refractivity contribution in [3.63, 3.8) is 0 Å². The van der Waals surface area contributed by atoms with Crippen molar-refractivity contribution in [2.75, 3.05) is 33.2 Å². The van der Waals surface area contributed by atoms with Crippen LogP contribution >= 0.6 is 0 Å². The van der Waals surface area contributed by atoms with Gasteiger partial charge in [0.15, 0.2) is 0 Å². The second-order valence-electron chi connectivity index (χ2n) is 7.32. The molecule has 0 radical (unpaired) electrons. The summed E-state index contributed by atoms with van der Waals surface area (Å²) in [5.74, 6) is 6.91. The molecule has 25 heavy (non-hydrogen) atoms. The maximum atomic E-state index is 12.9. The maximum absolute atomic E-state index is 12.9. The summed E-state index contributed by atoms with van der Waals surface area (Å²) in [5.41, 5.74) is 2.55. The topological polar surface area (TPSA) is 36.7 Å². The Balaban J connectivity index is 1.64. The second kappa shape index (κ2) is 6.57. The molecule has 1 amide bonds. The Morgan fingerprint density at radius 3 is 2.76 bits per heavy atom. The lowest BCUT2D eigenvalue weighted by atomic mass is 9.85. The summed E-state index contributed by atoms with van der Waals surface area (Å²) < 4.78 is 5.22. The van der Waals surface area contributed by atoms with Crippen LogP contribution in [0.4, 0.5) is 0 Å². The number of fused-ring (bicyclic) bond motifs is 1. The van der Waals surface area contributed by atoms with E-state index in [1.807, 2.05) is 30.1 Å². The largest absolute Gasteiger partial charge is 0.472 e. The van der Waals surface area contributed by atoms with E-state index in [0.717, 1.165) is 49.3 Å². The number of piperidine rings is 1. The van der Waals surface area contributed by atoms with Gasteiger partial charge in [-0.3, -0.25) is 4.79 Å². The van der Waals surface area contributed by atoms with E-state index in [2.05, 4.69) is 16.7 Å². The number of rotatable bonds is 2. The zero-order chi connectivity index (χ0) is 17.3. The van der Waals surface area contributed by atoms with Crippen LogP contribution in [-0.2, 0) is 4.79 Å². The van der Waals surface area contributed by atoms with E-state index < -0.39 is 5.41 Å². The van der Waals surface area contributed by atoms with Gasteiger partial charge in [0.05, 0.1) is 12.5 Å². The Kier molecular flexibility index (Phi) is 4.27. The van der Waals surface area contributed by atoms with Crippen molar-refractivity contribution in [1.82, 2.24) is 9.80 Å². The minimum Gasteiger partial charge on any atom is -0.472 e. The summed E-state index contributed by atoms with van der Waals surface area (Å²) in [6.45, 7) is 3.72. The quantitative estimate of drug-likeness (QED) is 0.791. The summed E-state index contributed by atoms with van der Waals surface area (Å²) in [7, 11) is 1.89. The Bertz CT molecular complexity index is 794. The molecule has 0 aromatic heterocycles. The first-order valence-electron chi connectivity index (χ1n) is 9.14. The lowest BCUT2D eigenvalue weighted by Crippen LogP contribution is -2.44. The number of likely N-dealkylation sites (tertiary alicyclic amines) is 2. The highest BCUT2D eigenvalue weighted by Gasteiger charge is 2.45. The van der Waals surface area contributed by atoms with Crippen LogP contribution in [0, 0.1) is 17.3 Å². The van der Waals surface area contributed by atoms with Gasteiger partial charge >= 0.3 is 0 Å². The first kappa shape index (κ1) is 16.2. The van der Waals surface area contributed by atoms with Crippen molar-refractivity contribution >= 4 is 5.91 Å². The molecular formula is C21H24N2O2. The molecule has 3 heterocycles. The molecule has 0 spiro atoms. The zero-order valence-corrected chi connectivity index (χ0v) is 14.8. The molecule has 4 heteroatoms. The molecule has 0 aromatic rings. The van der Waals surface area contributed by atoms with E-state index in [1.165, 1.54) is 19.3 Å². The predicted octanol–water partition coefficient (Wildman–Crippen LogP) is 3.07. The third kappa shape index (κ3) is 3.05. The van der Waals surface area contributed by atoms with Gasteiger partial charge in [0.25, 0.3) is 0 Å². The summed E-state index contributed by atoms with van der Waals surface area (Å²) in [4.78, 5) is 17.2. The van der Waals surface area contributed by atoms with E-state index in [9.17, 15) is 4.79 Å². The first-order valence-corrected chi connectivity index (χ1v) is 9.14. The van der Waals surface area contributed by atoms with Crippen molar-refractivity contribution in [2.24, 2.45) is 5.41 Å². The van der Waals surface area contributed by atoms with Crippen LogP contribution in [0.1, 0.15) is 31.2 Å². The molecule has 130 valence electrons. The monoisotopic (exact) mass is 336 g/mol. The van der Waals surface area contributed by atoms with Crippen molar-refractivity contribution in [3.8, 4) is 23.0 Å². The van der Waals surface area contributed by atoms with Crippen LogP contribution < -0.4 is 0 Å². The van der Waals surface area contributed by atoms with Gasteiger partial charge in [-0.25, -0.2) is 0 Å². The van der Waals surface area contributed by atoms with Crippen LogP contribution in [0.25, 0.3) is 11.1 Å². The molecule has 3 aliphatic heterocycles. The fourth-order valence-corrected chi connectivity index (χ4v) is 4.05. The molecule has 0 saturated carbocycles. The first-order chi connectivity index (χ1) is 12.2. The maximum Gasteiger partial charge on any atom is 0.241 e. The number of carbonyl (C=O) groups excluding carboxylic acids is 1. The average Bonchev–Trinajstić information content (AvgIpc) is 3.18. The highest BCUT2D eigenvalue weighted by molar-refractivity contribution is 5.88. The van der Waals surface area contributed by atoms with Gasteiger partial charge in [-0.15, -0.1) is 0 Å². The number of nitrogens with zero attached hydrogens (tertiary/aromatic N) is 2. The van der Waals surface area contributed by atoms with Crippen LogP contribution in [0.5, 0.6) is 0 Å². The molecule has 0 N–H and O–H groups in total. The number of carbonyl (C=O) groups is 1. The standard InChI is InChI=1S/C21H24N2O2/c1-22-13-10-21(20(22)24,16-23-11-3-2-4-12-23)9-7-17-5-6-18-15-25-14-8-19(17)18/h5-6,8,14-15H,2-4,10-13,16H2,1H3. The SMILES string of the molecule is CN1CCC(C#Cc2ccc3coccc2-3)(CN2CCCCC2)C1=O. The Morgan fingerprint density at radius 2 is 2.00 bits per heavy atom. The lowest BCUT2D eigenvalue weighted by Gasteiger charge is -2.32. The molecular weight excluding hydrogens is 312 g/mol. The molecule has 2 saturated heterocycles. The summed E-state index contributed by atoms with van der Waals surface area (Å²) in [6, 6.07) is 5.98. The van der Waals surface area contributed by atoms with Gasteiger partial charge in [0.1, 0.15) is 5.41 Å². The van der Waals surface area contributed by atoms with Crippen molar-refractivity contribution < 1.29 is 9.21 Å². The molecule has 2 fully saturated rings. The van der Waals surface area contributed by atoms with Crippen molar-refractivity contribution in [1.29, 1.82) is 0 Å². The fraction of sp³-hybridized carbons (Fsp3) is 0.476. The van der Waals surface area contributed by atoms with E-state index in [0.29, 0.717) is 0 Å². The molecule has 1 aliphatic carbocycles. The van der Waals surface area contributed by atoms with Crippen molar-refractivity contribution in [3.05, 3.63) is 36.3 Å². The molecule has 0 aromatic carbocycles. The Morgan fingerprint density at radius 1 is 1.16 bits per heavy atom. The summed E-state index contributed by atoms with van der Waals surface area (Å²) in [6.07, 6.45) is 7.98. The highest BCUT2D eigenvalue weighted by Crippen LogP contribution is 2.33. The minimum atomic E-state index is -0.561. The number of hydrogen-bond donors (Lipinski definition) is 0. The van der Waals surface area contributed by atoms with Gasteiger partial charge in [0.2, 0.25) is 5.91 Å². The van der Waals surface area contributed by atoms with Gasteiger partial charge in [0, 0.05) is 36.8 Å². The van der Waals surface area contributed by atoms with Gasteiger partial charge in [-0.1, -0.05) is 18.3 Å². The van der Waals surface area contributed by atoms with Crippen molar-refractivity contribution in [2.45, 2.75) is 25.7 Å². The van der Waals surface area contributed by atoms with E-state index >= 15 is 0 Å². The van der Waals surface area contributed by atoms with Crippen LogP contribution in [0.2, 0.25) is 0 Å². The minimum absolute atomic E-state index is 0.177. The van der Waals surface area contributed by atoms with E-state index in [1.54, 1.807) is 12.5 Å². The van der Waals surface area contributed by atoms with Gasteiger partial charge in [-0.05, 0) is 50.6 Å². The second-order valence-corrected chi connectivity index (χ2v) is 7.32. The lowest BCUT2D eigenvalue weighted by molar-refractivity contribution is -0.133. The summed E-state index contributed by atoms with van der Waals surface area (Å²) >= 11 is 0. The molecule has 0 bridgehead atoms. The normalized spacial score (nSPS) is 24.5. The molecule has 4 rings (SSSR count). The number of hydrogen-bond acceptors (Lipinski definition) is 3. The van der Waals surface area contributed by atoms with Crippen LogP contribution in [0.15, 0.2) is 35.1 Å². The Labute approximate surface area is 149 Å². The highest BCUT2D eigenvalue weighted by atomic mass is 16.3.